The van der Waals surface area contributed by atoms with E-state index in [1.807, 2.05) is 0 Å². The predicted molar refractivity (Wildman–Crippen MR) is 93.2 cm³/mol. The van der Waals surface area contributed by atoms with Gasteiger partial charge in [-0.15, -0.1) is 0 Å². The fourth-order valence-corrected chi connectivity index (χ4v) is 2.55. The van der Waals surface area contributed by atoms with Crippen LogP contribution in [0.3, 0.4) is 0 Å². The summed E-state index contributed by atoms with van der Waals surface area (Å²) >= 11 is 0. The summed E-state index contributed by atoms with van der Waals surface area (Å²) in [7, 11) is 1.37. The molecule has 0 unspecified atom stereocenters. The molecule has 4 nitrogen and oxygen atoms in total. The van der Waals surface area contributed by atoms with Gasteiger partial charge >= 0.3 is 18.0 Å². The molecular formula is C19H14F6N2O2. The topological polar surface area (TPSA) is 43.2 Å². The van der Waals surface area contributed by atoms with Gasteiger partial charge in [0.2, 0.25) is 11.8 Å². The van der Waals surface area contributed by atoms with Crippen molar-refractivity contribution in [1.82, 2.24) is 0 Å². The first kappa shape index (κ1) is 20.7. The van der Waals surface area contributed by atoms with Crippen LogP contribution in [0.4, 0.5) is 26.3 Å². The minimum absolute atomic E-state index is 0.0469. The van der Waals surface area contributed by atoms with E-state index in [1.165, 1.54) is 55.6 Å². The minimum Gasteiger partial charge on any atom is -0.497 e. The van der Waals surface area contributed by atoms with Gasteiger partial charge in [0, 0.05) is 11.1 Å². The van der Waals surface area contributed by atoms with Crippen LogP contribution in [0.25, 0.3) is 0 Å². The number of ether oxygens (including phenoxy) is 2. The van der Waals surface area contributed by atoms with E-state index in [0.717, 1.165) is 5.56 Å². The van der Waals surface area contributed by atoms with Gasteiger partial charge in [-0.05, 0) is 43.3 Å². The van der Waals surface area contributed by atoms with E-state index in [2.05, 4.69) is 9.98 Å². The minimum atomic E-state index is -5.84. The van der Waals surface area contributed by atoms with Crippen molar-refractivity contribution in [1.29, 1.82) is 0 Å². The fourth-order valence-electron chi connectivity index (χ4n) is 2.55. The summed E-state index contributed by atoms with van der Waals surface area (Å²) in [4.78, 5) is 5.79. The quantitative estimate of drug-likeness (QED) is 0.658. The van der Waals surface area contributed by atoms with Crippen molar-refractivity contribution in [2.45, 2.75) is 24.9 Å². The normalized spacial score (nSPS) is 16.6. The summed E-state index contributed by atoms with van der Waals surface area (Å²) < 4.78 is 92.1. The Hall–Kier alpha value is -3.04. The molecule has 10 heteroatoms. The molecule has 1 aliphatic heterocycles. The van der Waals surface area contributed by atoms with E-state index in [0.29, 0.717) is 5.75 Å². The van der Waals surface area contributed by atoms with Crippen LogP contribution in [0.5, 0.6) is 5.75 Å². The SMILES string of the molecule is COc1ccc(C2=NC(C(F)(F)F)(C(F)(F)F)N=C(c3ccc(C)cc3)O2)cc1. The van der Waals surface area contributed by atoms with E-state index in [4.69, 9.17) is 9.47 Å². The maximum absolute atomic E-state index is 13.6. The maximum atomic E-state index is 13.6. The third-order valence-corrected chi connectivity index (χ3v) is 4.15. The molecule has 0 amide bonds. The molecule has 0 saturated carbocycles. The zero-order valence-corrected chi connectivity index (χ0v) is 15.1. The van der Waals surface area contributed by atoms with Gasteiger partial charge in [0.05, 0.1) is 7.11 Å². The summed E-state index contributed by atoms with van der Waals surface area (Å²) in [6, 6.07) is 10.9. The molecule has 0 saturated heterocycles. The van der Waals surface area contributed by atoms with Crippen LogP contribution in [0.15, 0.2) is 58.5 Å². The van der Waals surface area contributed by atoms with Gasteiger partial charge in [-0.25, -0.2) is 9.98 Å². The Kier molecular flexibility index (Phi) is 5.06. The van der Waals surface area contributed by atoms with Crippen molar-refractivity contribution in [2.24, 2.45) is 9.98 Å². The van der Waals surface area contributed by atoms with Crippen molar-refractivity contribution >= 4 is 11.8 Å². The van der Waals surface area contributed by atoms with Crippen LogP contribution in [0.1, 0.15) is 16.7 Å². The first-order valence-electron chi connectivity index (χ1n) is 8.19. The Morgan fingerprint density at radius 1 is 0.759 bits per heavy atom. The number of halogens is 6. The lowest BCUT2D eigenvalue weighted by molar-refractivity contribution is -0.293. The molecule has 29 heavy (non-hydrogen) atoms. The van der Waals surface area contributed by atoms with Gasteiger partial charge in [0.25, 0.3) is 0 Å². The van der Waals surface area contributed by atoms with E-state index >= 15 is 0 Å². The zero-order chi connectivity index (χ0) is 21.4. The fraction of sp³-hybridized carbons (Fsp3) is 0.263. The molecular weight excluding hydrogens is 402 g/mol. The van der Waals surface area contributed by atoms with Gasteiger partial charge in [-0.2, -0.15) is 26.3 Å². The Morgan fingerprint density at radius 2 is 1.17 bits per heavy atom. The first-order valence-corrected chi connectivity index (χ1v) is 8.19. The van der Waals surface area contributed by atoms with E-state index in [-0.39, 0.29) is 11.1 Å². The Balaban J connectivity index is 2.21. The van der Waals surface area contributed by atoms with Crippen LogP contribution < -0.4 is 4.74 Å². The van der Waals surface area contributed by atoms with Gasteiger partial charge in [0.15, 0.2) is 0 Å². The summed E-state index contributed by atoms with van der Waals surface area (Å²) in [6.07, 6.45) is -11.7. The average molecular weight is 416 g/mol. The highest BCUT2D eigenvalue weighted by Gasteiger charge is 2.74. The molecule has 0 atom stereocenters. The highest BCUT2D eigenvalue weighted by atomic mass is 19.4. The molecule has 3 rings (SSSR count). The van der Waals surface area contributed by atoms with Crippen LogP contribution in [-0.2, 0) is 4.74 Å². The summed E-state index contributed by atoms with van der Waals surface area (Å²) in [5.41, 5.74) is -4.07. The largest absolute Gasteiger partial charge is 0.497 e. The van der Waals surface area contributed by atoms with E-state index in [1.54, 1.807) is 6.92 Å². The number of methoxy groups -OCH3 is 1. The predicted octanol–water partition coefficient (Wildman–Crippen LogP) is 5.05. The van der Waals surface area contributed by atoms with Gasteiger partial charge in [0.1, 0.15) is 5.75 Å². The second-order valence-electron chi connectivity index (χ2n) is 6.20. The van der Waals surface area contributed by atoms with Gasteiger partial charge < -0.3 is 9.47 Å². The van der Waals surface area contributed by atoms with Crippen molar-refractivity contribution in [3.05, 3.63) is 65.2 Å². The first-order chi connectivity index (χ1) is 13.5. The Labute approximate surface area is 161 Å². The van der Waals surface area contributed by atoms with Crippen molar-refractivity contribution < 1.29 is 35.8 Å². The molecule has 154 valence electrons. The highest BCUT2D eigenvalue weighted by molar-refractivity contribution is 6.08. The zero-order valence-electron chi connectivity index (χ0n) is 15.1. The number of aryl methyl sites for hydroxylation is 1. The van der Waals surface area contributed by atoms with Crippen molar-refractivity contribution in [3.8, 4) is 5.75 Å². The lowest BCUT2D eigenvalue weighted by atomic mass is 10.1. The number of hydrogen-bond donors (Lipinski definition) is 0. The molecule has 1 aliphatic rings. The number of aliphatic imine (C=N–C) groups is 2. The molecule has 2 aromatic rings. The smallest absolute Gasteiger partial charge is 0.443 e. The summed E-state index contributed by atoms with van der Waals surface area (Å²) in [6.45, 7) is 1.72. The van der Waals surface area contributed by atoms with Crippen LogP contribution in [0, 0.1) is 6.92 Å². The number of alkyl halides is 6. The Morgan fingerprint density at radius 3 is 1.55 bits per heavy atom. The third-order valence-electron chi connectivity index (χ3n) is 4.15. The second-order valence-corrected chi connectivity index (χ2v) is 6.20. The second kappa shape index (κ2) is 7.09. The van der Waals surface area contributed by atoms with Gasteiger partial charge in [-0.1, -0.05) is 17.7 Å². The monoisotopic (exact) mass is 416 g/mol. The van der Waals surface area contributed by atoms with E-state index < -0.39 is 29.8 Å². The molecule has 0 radical (unpaired) electrons. The maximum Gasteiger partial charge on any atom is 0.443 e. The lowest BCUT2D eigenvalue weighted by Crippen LogP contribution is -2.56. The van der Waals surface area contributed by atoms with E-state index in [9.17, 15) is 26.3 Å². The van der Waals surface area contributed by atoms with Crippen LogP contribution in [-0.4, -0.2) is 36.9 Å². The molecule has 1 heterocycles. The number of nitrogens with zero attached hydrogens (tertiary/aromatic N) is 2. The van der Waals surface area contributed by atoms with Crippen molar-refractivity contribution in [2.75, 3.05) is 7.11 Å². The summed E-state index contributed by atoms with van der Waals surface area (Å²) in [5.74, 6) is -1.33. The molecule has 0 aromatic heterocycles. The lowest BCUT2D eigenvalue weighted by Gasteiger charge is -2.34. The molecule has 0 bridgehead atoms. The Bertz CT molecular complexity index is 931. The van der Waals surface area contributed by atoms with Gasteiger partial charge in [-0.3, -0.25) is 0 Å². The summed E-state index contributed by atoms with van der Waals surface area (Å²) in [5, 5.41) is 0. The average Bonchev–Trinajstić information content (AvgIpc) is 2.66. The molecule has 0 spiro atoms. The number of hydrogen-bond acceptors (Lipinski definition) is 4. The highest BCUT2D eigenvalue weighted by Crippen LogP contribution is 2.49. The third kappa shape index (κ3) is 3.79. The molecule has 0 fully saturated rings. The van der Waals surface area contributed by atoms with Crippen molar-refractivity contribution in [3.63, 3.8) is 0 Å². The standard InChI is InChI=1S/C19H14F6N2O2/c1-11-3-5-12(6-4-11)15-26-17(18(20,21)22,19(23,24)25)27-16(29-15)13-7-9-14(28-2)10-8-13/h3-10H,1-2H3. The number of benzene rings is 2. The molecule has 2 aromatic carbocycles. The molecule has 0 aliphatic carbocycles. The molecule has 0 N–H and O–H groups in total. The van der Waals surface area contributed by atoms with Crippen LogP contribution in [0.2, 0.25) is 0 Å². The number of rotatable bonds is 3. The van der Waals surface area contributed by atoms with Crippen LogP contribution >= 0.6 is 0 Å².